The van der Waals surface area contributed by atoms with Crippen molar-refractivity contribution >= 4 is 11.9 Å². The number of phenolic OH excluding ortho intramolecular Hbond substituents is 1. The van der Waals surface area contributed by atoms with Gasteiger partial charge in [-0.3, -0.25) is 4.79 Å². The monoisotopic (exact) mass is 249 g/mol. The second-order valence-electron chi connectivity index (χ2n) is 4.69. The number of rotatable bonds is 2. The average Bonchev–Trinajstić information content (AvgIpc) is 2.73. The fraction of sp³-hybridized carbons (Fsp3) is 0.385. The first kappa shape index (κ1) is 12.4. The maximum Gasteiger partial charge on any atom is 0.329 e. The number of aromatic hydroxyl groups is 1. The first-order valence-corrected chi connectivity index (χ1v) is 5.79. The number of benzene rings is 1. The quantitative estimate of drug-likeness (QED) is 0.832. The molecule has 5 heteroatoms. The van der Waals surface area contributed by atoms with Gasteiger partial charge in [-0.25, -0.2) is 4.79 Å². The number of carbonyl (C=O) groups is 2. The van der Waals surface area contributed by atoms with Gasteiger partial charge in [0.2, 0.25) is 0 Å². The van der Waals surface area contributed by atoms with E-state index < -0.39 is 11.5 Å². The largest absolute Gasteiger partial charge is 0.508 e. The number of carbonyl (C=O) groups excluding carboxylic acids is 1. The van der Waals surface area contributed by atoms with Gasteiger partial charge in [-0.15, -0.1) is 0 Å². The van der Waals surface area contributed by atoms with Crippen LogP contribution >= 0.6 is 0 Å². The highest BCUT2D eigenvalue weighted by Gasteiger charge is 2.45. The molecule has 0 spiro atoms. The van der Waals surface area contributed by atoms with Gasteiger partial charge in [0.1, 0.15) is 11.3 Å². The zero-order chi connectivity index (χ0) is 13.3. The first-order chi connectivity index (χ1) is 8.45. The van der Waals surface area contributed by atoms with Crippen LogP contribution in [-0.4, -0.2) is 39.1 Å². The minimum atomic E-state index is -1.13. The van der Waals surface area contributed by atoms with Crippen molar-refractivity contribution in [3.63, 3.8) is 0 Å². The summed E-state index contributed by atoms with van der Waals surface area (Å²) >= 11 is 0. The molecule has 0 saturated carbocycles. The molecule has 1 amide bonds. The van der Waals surface area contributed by atoms with Crippen molar-refractivity contribution < 1.29 is 19.8 Å². The molecular formula is C13H15NO4. The molecule has 1 aliphatic heterocycles. The van der Waals surface area contributed by atoms with E-state index >= 15 is 0 Å². The van der Waals surface area contributed by atoms with Crippen LogP contribution in [0.2, 0.25) is 0 Å². The third-order valence-electron chi connectivity index (χ3n) is 3.46. The lowest BCUT2D eigenvalue weighted by molar-refractivity contribution is -0.147. The van der Waals surface area contributed by atoms with Crippen molar-refractivity contribution in [1.29, 1.82) is 0 Å². The van der Waals surface area contributed by atoms with Crippen LogP contribution in [0.1, 0.15) is 30.1 Å². The summed E-state index contributed by atoms with van der Waals surface area (Å²) in [6, 6.07) is 5.83. The summed E-state index contributed by atoms with van der Waals surface area (Å²) in [7, 11) is 0. The van der Waals surface area contributed by atoms with Crippen LogP contribution in [0.3, 0.4) is 0 Å². The number of hydrogen-bond acceptors (Lipinski definition) is 3. The molecule has 0 aromatic heterocycles. The second-order valence-corrected chi connectivity index (χ2v) is 4.69. The Hall–Kier alpha value is -2.04. The van der Waals surface area contributed by atoms with Crippen LogP contribution in [0.5, 0.6) is 5.75 Å². The third-order valence-corrected chi connectivity index (χ3v) is 3.46. The molecule has 1 fully saturated rings. The lowest BCUT2D eigenvalue weighted by Crippen LogP contribution is -2.50. The van der Waals surface area contributed by atoms with Crippen molar-refractivity contribution in [3.05, 3.63) is 29.8 Å². The number of carboxylic acids is 1. The Morgan fingerprint density at radius 3 is 2.44 bits per heavy atom. The molecule has 5 nitrogen and oxygen atoms in total. The number of phenols is 1. The lowest BCUT2D eigenvalue weighted by Gasteiger charge is -2.31. The molecule has 96 valence electrons. The SMILES string of the molecule is CC1(C(=O)O)CCCN1C(=O)c1ccc(O)cc1. The van der Waals surface area contributed by atoms with E-state index in [1.165, 1.54) is 29.2 Å². The van der Waals surface area contributed by atoms with E-state index in [0.717, 1.165) is 0 Å². The van der Waals surface area contributed by atoms with Crippen LogP contribution in [-0.2, 0) is 4.79 Å². The molecule has 1 saturated heterocycles. The lowest BCUT2D eigenvalue weighted by atomic mass is 9.98. The predicted octanol–water partition coefficient (Wildman–Crippen LogP) is 1.47. The second kappa shape index (κ2) is 4.33. The number of hydrogen-bond donors (Lipinski definition) is 2. The summed E-state index contributed by atoms with van der Waals surface area (Å²) in [6.45, 7) is 2.02. The molecular weight excluding hydrogens is 234 g/mol. The number of likely N-dealkylation sites (tertiary alicyclic amines) is 1. The number of nitrogens with zero attached hydrogens (tertiary/aromatic N) is 1. The minimum Gasteiger partial charge on any atom is -0.508 e. The van der Waals surface area contributed by atoms with Gasteiger partial charge < -0.3 is 15.1 Å². The molecule has 2 rings (SSSR count). The number of aliphatic carboxylic acids is 1. The highest BCUT2D eigenvalue weighted by Crippen LogP contribution is 2.30. The van der Waals surface area contributed by atoms with Crippen molar-refractivity contribution in [2.45, 2.75) is 25.3 Å². The summed E-state index contributed by atoms with van der Waals surface area (Å²) in [5, 5.41) is 18.4. The van der Waals surface area contributed by atoms with E-state index in [-0.39, 0.29) is 11.7 Å². The van der Waals surface area contributed by atoms with Gasteiger partial charge in [-0.2, -0.15) is 0 Å². The molecule has 2 N–H and O–H groups in total. The van der Waals surface area contributed by atoms with Gasteiger partial charge in [0, 0.05) is 12.1 Å². The standard InChI is InChI=1S/C13H15NO4/c1-13(12(17)18)7-2-8-14(13)11(16)9-3-5-10(15)6-4-9/h3-6,15H,2,7-8H2,1H3,(H,17,18). The van der Waals surface area contributed by atoms with Crippen molar-refractivity contribution in [2.75, 3.05) is 6.54 Å². The van der Waals surface area contributed by atoms with E-state index in [1.807, 2.05) is 0 Å². The number of amides is 1. The molecule has 1 atom stereocenters. The van der Waals surface area contributed by atoms with Gasteiger partial charge in [0.15, 0.2) is 0 Å². The Labute approximate surface area is 105 Å². The Morgan fingerprint density at radius 1 is 1.28 bits per heavy atom. The number of carboxylic acid groups (broad SMARTS) is 1. The van der Waals surface area contributed by atoms with Gasteiger partial charge in [-0.05, 0) is 44.0 Å². The molecule has 1 unspecified atom stereocenters. The van der Waals surface area contributed by atoms with Gasteiger partial charge in [0.25, 0.3) is 5.91 Å². The molecule has 0 aliphatic carbocycles. The fourth-order valence-electron chi connectivity index (χ4n) is 2.27. The molecule has 1 aromatic rings. The van der Waals surface area contributed by atoms with Crippen molar-refractivity contribution in [3.8, 4) is 5.75 Å². The van der Waals surface area contributed by atoms with E-state index in [2.05, 4.69) is 0 Å². The van der Waals surface area contributed by atoms with E-state index in [1.54, 1.807) is 6.92 Å². The van der Waals surface area contributed by atoms with E-state index in [4.69, 9.17) is 0 Å². The summed E-state index contributed by atoms with van der Waals surface area (Å²) in [5.41, 5.74) is -0.739. The van der Waals surface area contributed by atoms with Crippen LogP contribution < -0.4 is 0 Å². The molecule has 0 radical (unpaired) electrons. The average molecular weight is 249 g/mol. The zero-order valence-electron chi connectivity index (χ0n) is 10.1. The van der Waals surface area contributed by atoms with Crippen LogP contribution in [0.15, 0.2) is 24.3 Å². The zero-order valence-corrected chi connectivity index (χ0v) is 10.1. The molecule has 0 bridgehead atoms. The van der Waals surface area contributed by atoms with Gasteiger partial charge >= 0.3 is 5.97 Å². The summed E-state index contributed by atoms with van der Waals surface area (Å²) < 4.78 is 0. The van der Waals surface area contributed by atoms with Crippen LogP contribution in [0, 0.1) is 0 Å². The summed E-state index contributed by atoms with van der Waals surface area (Å²) in [6.07, 6.45) is 1.15. The maximum atomic E-state index is 12.3. The maximum absolute atomic E-state index is 12.3. The molecule has 1 aliphatic rings. The third kappa shape index (κ3) is 1.92. The van der Waals surface area contributed by atoms with E-state index in [0.29, 0.717) is 24.9 Å². The normalized spacial score (nSPS) is 23.1. The smallest absolute Gasteiger partial charge is 0.329 e. The Kier molecular flexibility index (Phi) is 2.98. The van der Waals surface area contributed by atoms with Crippen LogP contribution in [0.25, 0.3) is 0 Å². The highest BCUT2D eigenvalue weighted by atomic mass is 16.4. The van der Waals surface area contributed by atoms with Crippen molar-refractivity contribution in [1.82, 2.24) is 4.90 Å². The first-order valence-electron chi connectivity index (χ1n) is 5.79. The summed E-state index contributed by atoms with van der Waals surface area (Å²) in [4.78, 5) is 24.9. The van der Waals surface area contributed by atoms with Gasteiger partial charge in [-0.1, -0.05) is 0 Å². The molecule has 18 heavy (non-hydrogen) atoms. The fourth-order valence-corrected chi connectivity index (χ4v) is 2.27. The predicted molar refractivity (Wildman–Crippen MR) is 64.4 cm³/mol. The minimum absolute atomic E-state index is 0.0777. The Bertz CT molecular complexity index is 482. The molecule has 1 heterocycles. The molecule has 1 aromatic carbocycles. The van der Waals surface area contributed by atoms with Crippen LogP contribution in [0.4, 0.5) is 0 Å². The van der Waals surface area contributed by atoms with E-state index in [9.17, 15) is 19.8 Å². The summed E-state index contributed by atoms with van der Waals surface area (Å²) in [5.74, 6) is -1.21. The topological polar surface area (TPSA) is 77.8 Å². The Balaban J connectivity index is 2.28. The van der Waals surface area contributed by atoms with Gasteiger partial charge in [0.05, 0.1) is 0 Å². The Morgan fingerprint density at radius 2 is 1.89 bits per heavy atom. The highest BCUT2D eigenvalue weighted by molar-refractivity contribution is 5.98. The van der Waals surface area contributed by atoms with Crippen molar-refractivity contribution in [2.24, 2.45) is 0 Å².